The van der Waals surface area contributed by atoms with Gasteiger partial charge in [-0.2, -0.15) is 12.6 Å². The molecule has 0 fully saturated rings. The zero-order valence-corrected chi connectivity index (χ0v) is 11.3. The van der Waals surface area contributed by atoms with Crippen molar-refractivity contribution in [3.05, 3.63) is 12.2 Å². The molecule has 0 bridgehead atoms. The molecule has 0 aliphatic heterocycles. The van der Waals surface area contributed by atoms with Crippen LogP contribution in [-0.2, 0) is 14.4 Å². The molecule has 0 aliphatic rings. The third-order valence-electron chi connectivity index (χ3n) is 2.11. The number of nitrogens with two attached hydrogens (primary N) is 1. The number of hydrogen-bond donors (Lipinski definition) is 4. The summed E-state index contributed by atoms with van der Waals surface area (Å²) in [5.41, 5.74) is 5.86. The average molecular weight is 273 g/mol. The van der Waals surface area contributed by atoms with Crippen LogP contribution < -0.4 is 16.4 Å². The first-order valence-electron chi connectivity index (χ1n) is 5.48. The number of rotatable bonds is 8. The van der Waals surface area contributed by atoms with Crippen LogP contribution >= 0.6 is 12.6 Å². The topological polar surface area (TPSA) is 101 Å². The molecule has 0 aromatic rings. The van der Waals surface area contributed by atoms with Crippen LogP contribution in [0.4, 0.5) is 0 Å². The van der Waals surface area contributed by atoms with Crippen LogP contribution in [0.15, 0.2) is 12.2 Å². The van der Waals surface area contributed by atoms with Crippen molar-refractivity contribution in [1.29, 1.82) is 0 Å². The summed E-state index contributed by atoms with van der Waals surface area (Å²) in [5.74, 6) is -0.695. The fraction of sp³-hybridized carbons (Fsp3) is 0.545. The Morgan fingerprint density at radius 2 is 1.94 bits per heavy atom. The lowest BCUT2D eigenvalue weighted by molar-refractivity contribution is -0.126. The van der Waals surface area contributed by atoms with Gasteiger partial charge < -0.3 is 16.4 Å². The van der Waals surface area contributed by atoms with Crippen molar-refractivity contribution in [2.45, 2.75) is 19.4 Å². The van der Waals surface area contributed by atoms with Crippen LogP contribution in [0, 0.1) is 0 Å². The van der Waals surface area contributed by atoms with Gasteiger partial charge in [0, 0.05) is 18.7 Å². The van der Waals surface area contributed by atoms with Gasteiger partial charge >= 0.3 is 0 Å². The average Bonchev–Trinajstić information content (AvgIpc) is 2.34. The number of amides is 2. The van der Waals surface area contributed by atoms with Crippen molar-refractivity contribution >= 4 is 30.2 Å². The molecule has 0 aromatic carbocycles. The van der Waals surface area contributed by atoms with E-state index in [0.717, 1.165) is 0 Å². The van der Waals surface area contributed by atoms with Gasteiger partial charge in [0.15, 0.2) is 5.78 Å². The number of allylic oxidation sites excluding steroid dienone is 1. The molecule has 0 aromatic heterocycles. The molecule has 0 heterocycles. The maximum atomic E-state index is 11.3. The number of carbonyl (C=O) groups excluding carboxylic acids is 3. The second kappa shape index (κ2) is 8.71. The number of Topliss-reactive ketones (excluding diaryl/α,β-unsaturated/α-hetero) is 1. The molecule has 0 radical (unpaired) electrons. The first kappa shape index (κ1) is 16.7. The molecule has 0 saturated carbocycles. The van der Waals surface area contributed by atoms with Crippen LogP contribution in [0.2, 0.25) is 0 Å². The van der Waals surface area contributed by atoms with Gasteiger partial charge in [0.25, 0.3) is 0 Å². The van der Waals surface area contributed by atoms with Crippen molar-refractivity contribution in [3.63, 3.8) is 0 Å². The predicted octanol–water partition coefficient (Wildman–Crippen LogP) is -0.989. The lowest BCUT2D eigenvalue weighted by Crippen LogP contribution is -2.45. The first-order valence-corrected chi connectivity index (χ1v) is 6.11. The maximum Gasteiger partial charge on any atom is 0.239 e. The summed E-state index contributed by atoms with van der Waals surface area (Å²) >= 11 is 3.87. The largest absolute Gasteiger partial charge is 0.354 e. The minimum absolute atomic E-state index is 0.101. The number of hydrogen-bond acceptors (Lipinski definition) is 5. The molecule has 4 N–H and O–H groups in total. The molecule has 102 valence electrons. The predicted molar refractivity (Wildman–Crippen MR) is 72.3 cm³/mol. The van der Waals surface area contributed by atoms with Gasteiger partial charge in [0.1, 0.15) is 0 Å². The van der Waals surface area contributed by atoms with E-state index in [1.165, 1.54) is 0 Å². The quantitative estimate of drug-likeness (QED) is 0.337. The molecular formula is C11H19N3O3S. The zero-order valence-electron chi connectivity index (χ0n) is 10.4. The Morgan fingerprint density at radius 1 is 1.33 bits per heavy atom. The molecule has 0 unspecified atom stereocenters. The van der Waals surface area contributed by atoms with Gasteiger partial charge in [-0.25, -0.2) is 0 Å². The monoisotopic (exact) mass is 273 g/mol. The number of thiol groups is 1. The lowest BCUT2D eigenvalue weighted by atomic mass is 10.2. The smallest absolute Gasteiger partial charge is 0.239 e. The van der Waals surface area contributed by atoms with Gasteiger partial charge in [-0.15, -0.1) is 0 Å². The summed E-state index contributed by atoms with van der Waals surface area (Å²) in [6.45, 7) is 5.17. The van der Waals surface area contributed by atoms with Crippen molar-refractivity contribution in [2.75, 3.05) is 18.8 Å². The molecule has 0 saturated heterocycles. The van der Waals surface area contributed by atoms with E-state index in [9.17, 15) is 14.4 Å². The minimum atomic E-state index is -0.730. The Labute approximate surface area is 112 Å². The highest BCUT2D eigenvalue weighted by Gasteiger charge is 2.12. The Kier molecular flexibility index (Phi) is 8.06. The van der Waals surface area contributed by atoms with E-state index in [4.69, 9.17) is 5.73 Å². The Hall–Kier alpha value is -1.34. The summed E-state index contributed by atoms with van der Waals surface area (Å²) in [7, 11) is 0. The third-order valence-corrected chi connectivity index (χ3v) is 2.50. The number of carbonyl (C=O) groups is 3. The van der Waals surface area contributed by atoms with E-state index in [1.807, 2.05) is 0 Å². The van der Waals surface area contributed by atoms with E-state index in [0.29, 0.717) is 5.57 Å². The molecule has 0 rings (SSSR count). The van der Waals surface area contributed by atoms with Gasteiger partial charge in [-0.3, -0.25) is 14.4 Å². The summed E-state index contributed by atoms with van der Waals surface area (Å²) in [5, 5.41) is 4.87. The van der Waals surface area contributed by atoms with Crippen LogP contribution in [0.3, 0.4) is 0 Å². The Morgan fingerprint density at radius 3 is 2.44 bits per heavy atom. The van der Waals surface area contributed by atoms with E-state index < -0.39 is 11.9 Å². The summed E-state index contributed by atoms with van der Waals surface area (Å²) in [4.78, 5) is 33.7. The zero-order chi connectivity index (χ0) is 14.1. The van der Waals surface area contributed by atoms with E-state index >= 15 is 0 Å². The molecule has 2 amide bonds. The molecule has 1 atom stereocenters. The number of nitrogens with one attached hydrogen (secondary N) is 2. The second-order valence-corrected chi connectivity index (χ2v) is 4.18. The normalized spacial score (nSPS) is 11.5. The highest BCUT2D eigenvalue weighted by Crippen LogP contribution is 1.93. The van der Waals surface area contributed by atoms with Gasteiger partial charge in [0.2, 0.25) is 11.8 Å². The Bertz CT molecular complexity index is 344. The maximum absolute atomic E-state index is 11.3. The van der Waals surface area contributed by atoms with Crippen LogP contribution in [0.25, 0.3) is 0 Å². The van der Waals surface area contributed by atoms with Gasteiger partial charge in [-0.1, -0.05) is 6.58 Å². The molecular weight excluding hydrogens is 254 g/mol. The molecule has 7 heteroatoms. The van der Waals surface area contributed by atoms with E-state index in [2.05, 4.69) is 29.8 Å². The van der Waals surface area contributed by atoms with E-state index in [1.54, 1.807) is 6.92 Å². The van der Waals surface area contributed by atoms with Crippen LogP contribution in [0.1, 0.15) is 13.3 Å². The number of ketones is 1. The first-order chi connectivity index (χ1) is 8.38. The van der Waals surface area contributed by atoms with Crippen LogP contribution in [0.5, 0.6) is 0 Å². The summed E-state index contributed by atoms with van der Waals surface area (Å²) in [6.07, 6.45) is 0.200. The molecule has 0 aliphatic carbocycles. The molecule has 18 heavy (non-hydrogen) atoms. The van der Waals surface area contributed by atoms with Crippen molar-refractivity contribution in [3.8, 4) is 0 Å². The highest BCUT2D eigenvalue weighted by molar-refractivity contribution is 7.80. The SMILES string of the molecule is C=C(C)C(=O)CCNC(=O)CNC(=O)[C@@H](N)CS. The molecule has 6 nitrogen and oxygen atoms in total. The molecule has 0 spiro atoms. The Balaban J connectivity index is 3.76. The summed E-state index contributed by atoms with van der Waals surface area (Å²) in [6, 6.07) is -0.730. The van der Waals surface area contributed by atoms with Crippen molar-refractivity contribution in [2.24, 2.45) is 5.73 Å². The van der Waals surface area contributed by atoms with Gasteiger partial charge in [-0.05, 0) is 12.5 Å². The highest BCUT2D eigenvalue weighted by atomic mass is 32.1. The fourth-order valence-electron chi connectivity index (χ4n) is 0.973. The van der Waals surface area contributed by atoms with Crippen molar-refractivity contribution < 1.29 is 14.4 Å². The lowest BCUT2D eigenvalue weighted by Gasteiger charge is -2.09. The second-order valence-electron chi connectivity index (χ2n) is 3.81. The standard InChI is InChI=1S/C11H19N3O3S/c1-7(2)9(15)3-4-13-10(16)5-14-11(17)8(12)6-18/h8,18H,1,3-6,12H2,2H3,(H,13,16)(H,14,17)/t8-/m0/s1. The van der Waals surface area contributed by atoms with E-state index in [-0.39, 0.29) is 37.0 Å². The van der Waals surface area contributed by atoms with Crippen LogP contribution in [-0.4, -0.2) is 42.5 Å². The summed E-state index contributed by atoms with van der Waals surface area (Å²) < 4.78 is 0. The van der Waals surface area contributed by atoms with Gasteiger partial charge in [0.05, 0.1) is 12.6 Å². The van der Waals surface area contributed by atoms with Crippen molar-refractivity contribution in [1.82, 2.24) is 10.6 Å². The third kappa shape index (κ3) is 7.08. The fourth-order valence-corrected chi connectivity index (χ4v) is 1.14. The minimum Gasteiger partial charge on any atom is -0.354 e.